The number of benzene rings is 2. The molecule has 0 unspecified atom stereocenters. The predicted molar refractivity (Wildman–Crippen MR) is 132 cm³/mol. The van der Waals surface area contributed by atoms with Gasteiger partial charge in [0, 0.05) is 24.0 Å². The summed E-state index contributed by atoms with van der Waals surface area (Å²) >= 11 is 4.06. The van der Waals surface area contributed by atoms with Gasteiger partial charge < -0.3 is 9.47 Å². The average molecular weight is 666 g/mol. The second-order valence-corrected chi connectivity index (χ2v) is 8.53. The van der Waals surface area contributed by atoms with Gasteiger partial charge in [-0.15, -0.1) is 0 Å². The molecule has 4 N–H and O–H groups in total. The summed E-state index contributed by atoms with van der Waals surface area (Å²) in [5.74, 6) is -0.882. The van der Waals surface area contributed by atoms with E-state index in [9.17, 15) is 19.2 Å². The van der Waals surface area contributed by atoms with Crippen molar-refractivity contribution in [2.24, 2.45) is 0 Å². The smallest absolute Gasteiger partial charge is 0.269 e. The molecule has 32 heavy (non-hydrogen) atoms. The molecule has 0 bridgehead atoms. The first-order valence-corrected chi connectivity index (χ1v) is 11.3. The lowest BCUT2D eigenvalue weighted by molar-refractivity contribution is -0.127. The molecule has 12 heteroatoms. The molecule has 0 radical (unpaired) electrons. The molecule has 0 atom stereocenters. The number of carbonyl (C=O) groups is 4. The molecule has 2 rings (SSSR count). The molecule has 170 valence electrons. The van der Waals surface area contributed by atoms with E-state index >= 15 is 0 Å². The molecular weight excluding hydrogens is 646 g/mol. The van der Waals surface area contributed by atoms with Crippen LogP contribution in [0.5, 0.6) is 11.5 Å². The first-order chi connectivity index (χ1) is 15.2. The molecule has 4 amide bonds. The summed E-state index contributed by atoms with van der Waals surface area (Å²) in [6.45, 7) is 0. The molecule has 10 nitrogen and oxygen atoms in total. The zero-order valence-corrected chi connectivity index (χ0v) is 21.4. The number of halogens is 2. The first-order valence-electron chi connectivity index (χ1n) is 9.10. The van der Waals surface area contributed by atoms with E-state index in [0.717, 1.165) is 7.14 Å². The summed E-state index contributed by atoms with van der Waals surface area (Å²) in [4.78, 5) is 48.0. The summed E-state index contributed by atoms with van der Waals surface area (Å²) in [6.07, 6.45) is -0.384. The Hall–Kier alpha value is -2.62. The van der Waals surface area contributed by atoms with Crippen molar-refractivity contribution in [1.29, 1.82) is 0 Å². The zero-order chi connectivity index (χ0) is 23.7. The highest BCUT2D eigenvalue weighted by Gasteiger charge is 2.13. The summed E-state index contributed by atoms with van der Waals surface area (Å²) in [5, 5.41) is 0. The Balaban J connectivity index is 1.72. The van der Waals surface area contributed by atoms with E-state index in [4.69, 9.17) is 9.47 Å². The van der Waals surface area contributed by atoms with Gasteiger partial charge in [0.2, 0.25) is 11.8 Å². The van der Waals surface area contributed by atoms with Crippen LogP contribution >= 0.6 is 45.2 Å². The molecule has 2 aromatic rings. The van der Waals surface area contributed by atoms with E-state index in [0.29, 0.717) is 22.6 Å². The third kappa shape index (κ3) is 7.51. The van der Waals surface area contributed by atoms with Crippen molar-refractivity contribution in [2.45, 2.75) is 12.8 Å². The molecule has 0 heterocycles. The van der Waals surface area contributed by atoms with Crippen LogP contribution in [-0.2, 0) is 9.59 Å². The van der Waals surface area contributed by atoms with E-state index in [2.05, 4.69) is 21.7 Å². The van der Waals surface area contributed by atoms with Crippen molar-refractivity contribution >= 4 is 68.8 Å². The molecule has 0 saturated carbocycles. The van der Waals surface area contributed by atoms with Crippen LogP contribution in [0, 0.1) is 7.14 Å². The lowest BCUT2D eigenvalue weighted by Gasteiger charge is -2.10. The number of amides is 4. The zero-order valence-electron chi connectivity index (χ0n) is 17.1. The SMILES string of the molecule is COc1ccc(C(=O)NNC(=O)CCC(=O)NNC(=O)c2ccc(OC)c(I)c2)cc1I. The Kier molecular flexibility index (Phi) is 9.96. The van der Waals surface area contributed by atoms with Crippen molar-refractivity contribution in [3.8, 4) is 11.5 Å². The fourth-order valence-electron chi connectivity index (χ4n) is 2.36. The Morgan fingerprint density at radius 1 is 0.688 bits per heavy atom. The number of ether oxygens (including phenoxy) is 2. The predicted octanol–water partition coefficient (Wildman–Crippen LogP) is 1.92. The number of hydrazine groups is 2. The minimum atomic E-state index is -0.562. The van der Waals surface area contributed by atoms with E-state index < -0.39 is 23.6 Å². The molecule has 0 aliphatic carbocycles. The third-order valence-corrected chi connectivity index (χ3v) is 5.72. The standard InChI is InChI=1S/C20H20I2N4O6/c1-31-15-5-3-11(9-13(15)21)19(29)25-23-17(27)7-8-18(28)24-26-20(30)12-4-6-16(32-2)14(22)10-12/h3-6,9-10H,7-8H2,1-2H3,(H,23,27)(H,24,28)(H,25,29)(H,26,30). The van der Waals surface area contributed by atoms with Crippen LogP contribution in [0.15, 0.2) is 36.4 Å². The normalized spacial score (nSPS) is 10.0. The van der Waals surface area contributed by atoms with Crippen LogP contribution in [0.1, 0.15) is 33.6 Å². The quantitative estimate of drug-likeness (QED) is 0.264. The summed E-state index contributed by atoms with van der Waals surface area (Å²) in [7, 11) is 3.05. The third-order valence-electron chi connectivity index (χ3n) is 4.04. The van der Waals surface area contributed by atoms with Crippen LogP contribution in [-0.4, -0.2) is 37.8 Å². The van der Waals surface area contributed by atoms with Gasteiger partial charge in [0.15, 0.2) is 0 Å². The molecule has 2 aromatic carbocycles. The lowest BCUT2D eigenvalue weighted by Crippen LogP contribution is -2.44. The molecule has 0 aliphatic rings. The number of nitrogens with one attached hydrogen (secondary N) is 4. The fraction of sp³-hybridized carbons (Fsp3) is 0.200. The van der Waals surface area contributed by atoms with Crippen LogP contribution < -0.4 is 31.2 Å². The van der Waals surface area contributed by atoms with Crippen LogP contribution in [0.25, 0.3) is 0 Å². The van der Waals surface area contributed by atoms with Gasteiger partial charge in [-0.1, -0.05) is 0 Å². The first kappa shape index (κ1) is 25.6. The van der Waals surface area contributed by atoms with Gasteiger partial charge in [-0.2, -0.15) is 0 Å². The number of hydrogen-bond donors (Lipinski definition) is 4. The van der Waals surface area contributed by atoms with Crippen molar-refractivity contribution in [1.82, 2.24) is 21.7 Å². The van der Waals surface area contributed by atoms with E-state index in [-0.39, 0.29) is 12.8 Å². The van der Waals surface area contributed by atoms with Gasteiger partial charge in [0.05, 0.1) is 21.4 Å². The van der Waals surface area contributed by atoms with Gasteiger partial charge >= 0.3 is 0 Å². The van der Waals surface area contributed by atoms with E-state index in [1.54, 1.807) is 36.4 Å². The molecule has 0 saturated heterocycles. The number of carbonyl (C=O) groups excluding carboxylic acids is 4. The maximum atomic E-state index is 12.1. The Morgan fingerprint density at radius 3 is 1.38 bits per heavy atom. The van der Waals surface area contributed by atoms with Crippen molar-refractivity contribution < 1.29 is 28.7 Å². The fourth-order valence-corrected chi connectivity index (χ4v) is 3.84. The van der Waals surface area contributed by atoms with E-state index in [1.165, 1.54) is 14.2 Å². The molecule has 0 aliphatic heterocycles. The van der Waals surface area contributed by atoms with Crippen LogP contribution in [0.3, 0.4) is 0 Å². The van der Waals surface area contributed by atoms with Gasteiger partial charge in [-0.05, 0) is 81.6 Å². The van der Waals surface area contributed by atoms with Crippen LogP contribution in [0.2, 0.25) is 0 Å². The number of hydrogen-bond acceptors (Lipinski definition) is 6. The lowest BCUT2D eigenvalue weighted by atomic mass is 10.2. The van der Waals surface area contributed by atoms with Gasteiger partial charge in [0.25, 0.3) is 11.8 Å². The average Bonchev–Trinajstić information content (AvgIpc) is 2.79. The van der Waals surface area contributed by atoms with Gasteiger partial charge in [-0.3, -0.25) is 40.9 Å². The van der Waals surface area contributed by atoms with E-state index in [1.807, 2.05) is 45.2 Å². The van der Waals surface area contributed by atoms with Crippen molar-refractivity contribution in [3.05, 3.63) is 54.7 Å². The van der Waals surface area contributed by atoms with Crippen molar-refractivity contribution in [3.63, 3.8) is 0 Å². The molecule has 0 aromatic heterocycles. The molecule has 0 fully saturated rings. The number of methoxy groups -OCH3 is 2. The monoisotopic (exact) mass is 666 g/mol. The highest BCUT2D eigenvalue weighted by Crippen LogP contribution is 2.22. The second kappa shape index (κ2) is 12.4. The summed E-state index contributed by atoms with van der Waals surface area (Å²) in [5.41, 5.74) is 9.71. The Labute approximate surface area is 211 Å². The molecular formula is C20H20I2N4O6. The minimum absolute atomic E-state index is 0.192. The maximum Gasteiger partial charge on any atom is 0.269 e. The second-order valence-electron chi connectivity index (χ2n) is 6.20. The maximum absolute atomic E-state index is 12.1. The summed E-state index contributed by atoms with van der Waals surface area (Å²) in [6, 6.07) is 9.63. The van der Waals surface area contributed by atoms with Gasteiger partial charge in [-0.25, -0.2) is 0 Å². The summed E-state index contributed by atoms with van der Waals surface area (Å²) < 4.78 is 11.7. The Morgan fingerprint density at radius 2 is 1.06 bits per heavy atom. The minimum Gasteiger partial charge on any atom is -0.496 e. The van der Waals surface area contributed by atoms with Crippen molar-refractivity contribution in [2.75, 3.05) is 14.2 Å². The Bertz CT molecular complexity index is 950. The molecule has 0 spiro atoms. The highest BCUT2D eigenvalue weighted by molar-refractivity contribution is 14.1. The largest absolute Gasteiger partial charge is 0.496 e. The topological polar surface area (TPSA) is 135 Å². The van der Waals surface area contributed by atoms with Crippen LogP contribution in [0.4, 0.5) is 0 Å². The number of rotatable bonds is 7. The highest BCUT2D eigenvalue weighted by atomic mass is 127. The van der Waals surface area contributed by atoms with Gasteiger partial charge in [0.1, 0.15) is 11.5 Å².